The van der Waals surface area contributed by atoms with Gasteiger partial charge in [-0.2, -0.15) is 0 Å². The first kappa shape index (κ1) is 12.1. The molecule has 92 valence electrons. The largest absolute Gasteiger partial charge is 0.351 e. The summed E-state index contributed by atoms with van der Waals surface area (Å²) in [5, 5.41) is 6.18. The summed E-state index contributed by atoms with van der Waals surface area (Å²) >= 11 is 0. The Morgan fingerprint density at radius 1 is 1.35 bits per heavy atom. The lowest BCUT2D eigenvalue weighted by molar-refractivity contribution is -0.120. The molecule has 1 atom stereocenters. The maximum atomic E-state index is 11.6. The Morgan fingerprint density at radius 2 is 2.00 bits per heavy atom. The molecule has 3 heteroatoms. The molecule has 1 aliphatic carbocycles. The van der Waals surface area contributed by atoms with Gasteiger partial charge < -0.3 is 10.6 Å². The maximum Gasteiger partial charge on any atom is 0.234 e. The molecule has 1 aromatic carbocycles. The van der Waals surface area contributed by atoms with E-state index in [0.717, 1.165) is 5.56 Å². The van der Waals surface area contributed by atoms with Crippen molar-refractivity contribution >= 4 is 5.91 Å². The van der Waals surface area contributed by atoms with E-state index in [1.807, 2.05) is 30.3 Å². The van der Waals surface area contributed by atoms with Gasteiger partial charge in [0, 0.05) is 12.6 Å². The first-order valence-electron chi connectivity index (χ1n) is 6.12. The molecule has 0 aliphatic heterocycles. The summed E-state index contributed by atoms with van der Waals surface area (Å²) in [6, 6.07) is 10.5. The highest BCUT2D eigenvalue weighted by Crippen LogP contribution is 2.44. The van der Waals surface area contributed by atoms with Crippen LogP contribution in [-0.2, 0) is 11.3 Å². The lowest BCUT2D eigenvalue weighted by Crippen LogP contribution is -2.35. The van der Waals surface area contributed by atoms with E-state index < -0.39 is 0 Å². The number of hydrogen-bond donors (Lipinski definition) is 2. The zero-order valence-electron chi connectivity index (χ0n) is 10.5. The summed E-state index contributed by atoms with van der Waals surface area (Å²) < 4.78 is 0. The minimum Gasteiger partial charge on any atom is -0.351 e. The van der Waals surface area contributed by atoms with Crippen molar-refractivity contribution in [3.05, 3.63) is 35.9 Å². The van der Waals surface area contributed by atoms with Crippen LogP contribution in [0.25, 0.3) is 0 Å². The lowest BCUT2D eigenvalue weighted by Gasteiger charge is -2.07. The van der Waals surface area contributed by atoms with Crippen molar-refractivity contribution < 1.29 is 4.79 Å². The van der Waals surface area contributed by atoms with Gasteiger partial charge >= 0.3 is 0 Å². The molecule has 0 heterocycles. The summed E-state index contributed by atoms with van der Waals surface area (Å²) in [6.07, 6.45) is 1.17. The molecule has 1 saturated carbocycles. The zero-order valence-corrected chi connectivity index (χ0v) is 10.5. The molecular weight excluding hydrogens is 212 g/mol. The number of hydrogen-bond acceptors (Lipinski definition) is 2. The van der Waals surface area contributed by atoms with E-state index in [2.05, 4.69) is 24.5 Å². The van der Waals surface area contributed by atoms with E-state index in [9.17, 15) is 4.79 Å². The molecule has 17 heavy (non-hydrogen) atoms. The minimum absolute atomic E-state index is 0.0663. The highest BCUT2D eigenvalue weighted by Gasteiger charge is 2.45. The van der Waals surface area contributed by atoms with Gasteiger partial charge in [0.1, 0.15) is 0 Å². The summed E-state index contributed by atoms with van der Waals surface area (Å²) in [5.74, 6) is 0.0663. The minimum atomic E-state index is 0.0663. The van der Waals surface area contributed by atoms with Crippen LogP contribution in [0.15, 0.2) is 30.3 Å². The van der Waals surface area contributed by atoms with Crippen LogP contribution < -0.4 is 10.6 Å². The predicted octanol–water partition coefficient (Wildman–Crippen LogP) is 1.69. The van der Waals surface area contributed by atoms with E-state index in [4.69, 9.17) is 0 Å². The Bertz CT molecular complexity index is 386. The first-order chi connectivity index (χ1) is 8.08. The second kappa shape index (κ2) is 4.88. The Labute approximate surface area is 103 Å². The Kier molecular flexibility index (Phi) is 3.48. The summed E-state index contributed by atoms with van der Waals surface area (Å²) in [4.78, 5) is 11.6. The van der Waals surface area contributed by atoms with Gasteiger partial charge in [-0.3, -0.25) is 4.79 Å². The monoisotopic (exact) mass is 232 g/mol. The third-order valence-corrected chi connectivity index (χ3v) is 3.35. The van der Waals surface area contributed by atoms with Gasteiger partial charge in [-0.25, -0.2) is 0 Å². The fourth-order valence-electron chi connectivity index (χ4n) is 1.89. The van der Waals surface area contributed by atoms with Crippen molar-refractivity contribution in [1.82, 2.24) is 10.6 Å². The van der Waals surface area contributed by atoms with Crippen molar-refractivity contribution in [2.24, 2.45) is 5.41 Å². The van der Waals surface area contributed by atoms with Gasteiger partial charge in [0.05, 0.1) is 6.54 Å². The zero-order chi connectivity index (χ0) is 12.3. The highest BCUT2D eigenvalue weighted by atomic mass is 16.1. The third-order valence-electron chi connectivity index (χ3n) is 3.35. The molecule has 1 aromatic rings. The van der Waals surface area contributed by atoms with E-state index >= 15 is 0 Å². The number of carbonyl (C=O) groups is 1. The normalized spacial score (nSPS) is 20.9. The second-order valence-electron chi connectivity index (χ2n) is 5.39. The smallest absolute Gasteiger partial charge is 0.234 e. The number of amides is 1. The van der Waals surface area contributed by atoms with Crippen LogP contribution >= 0.6 is 0 Å². The van der Waals surface area contributed by atoms with Crippen molar-refractivity contribution in [1.29, 1.82) is 0 Å². The molecular formula is C14H20N2O. The molecule has 1 fully saturated rings. The topological polar surface area (TPSA) is 41.1 Å². The lowest BCUT2D eigenvalue weighted by atomic mass is 10.2. The second-order valence-corrected chi connectivity index (χ2v) is 5.39. The Hall–Kier alpha value is -1.35. The fourth-order valence-corrected chi connectivity index (χ4v) is 1.89. The summed E-state index contributed by atoms with van der Waals surface area (Å²) in [7, 11) is 0. The van der Waals surface area contributed by atoms with Crippen LogP contribution in [-0.4, -0.2) is 18.5 Å². The Balaban J connectivity index is 1.65. The van der Waals surface area contributed by atoms with E-state index in [1.165, 1.54) is 6.42 Å². The quantitative estimate of drug-likeness (QED) is 0.811. The van der Waals surface area contributed by atoms with E-state index in [0.29, 0.717) is 24.5 Å². The predicted molar refractivity (Wildman–Crippen MR) is 68.5 cm³/mol. The molecule has 2 N–H and O–H groups in total. The maximum absolute atomic E-state index is 11.6. The first-order valence-corrected chi connectivity index (χ1v) is 6.12. The highest BCUT2D eigenvalue weighted by molar-refractivity contribution is 5.78. The number of benzene rings is 1. The fraction of sp³-hybridized carbons (Fsp3) is 0.500. The average molecular weight is 232 g/mol. The number of carbonyl (C=O) groups excluding carboxylic acids is 1. The average Bonchev–Trinajstić information content (AvgIpc) is 2.93. The Morgan fingerprint density at radius 3 is 2.59 bits per heavy atom. The van der Waals surface area contributed by atoms with Crippen molar-refractivity contribution in [3.63, 3.8) is 0 Å². The number of rotatable bonds is 5. The van der Waals surface area contributed by atoms with Gasteiger partial charge in [-0.05, 0) is 17.4 Å². The van der Waals surface area contributed by atoms with Crippen LogP contribution in [0.2, 0.25) is 0 Å². The molecule has 1 aliphatic rings. The van der Waals surface area contributed by atoms with Crippen LogP contribution in [0.5, 0.6) is 0 Å². The van der Waals surface area contributed by atoms with E-state index in [1.54, 1.807) is 0 Å². The van der Waals surface area contributed by atoms with Crippen LogP contribution in [0.4, 0.5) is 0 Å². The van der Waals surface area contributed by atoms with Crippen molar-refractivity contribution in [2.75, 3.05) is 6.54 Å². The van der Waals surface area contributed by atoms with Crippen LogP contribution in [0.3, 0.4) is 0 Å². The van der Waals surface area contributed by atoms with Gasteiger partial charge in [0.25, 0.3) is 0 Å². The molecule has 0 spiro atoms. The van der Waals surface area contributed by atoms with Crippen LogP contribution in [0, 0.1) is 5.41 Å². The third kappa shape index (κ3) is 3.56. The summed E-state index contributed by atoms with van der Waals surface area (Å²) in [6.45, 7) is 5.45. The van der Waals surface area contributed by atoms with Crippen molar-refractivity contribution in [3.8, 4) is 0 Å². The molecule has 0 radical (unpaired) electrons. The SMILES string of the molecule is CC1(C)CC1NCC(=O)NCc1ccccc1. The molecule has 1 unspecified atom stereocenters. The molecule has 0 saturated heterocycles. The number of nitrogens with one attached hydrogen (secondary N) is 2. The van der Waals surface area contributed by atoms with Crippen LogP contribution in [0.1, 0.15) is 25.8 Å². The molecule has 3 nitrogen and oxygen atoms in total. The van der Waals surface area contributed by atoms with Gasteiger partial charge in [0.2, 0.25) is 5.91 Å². The molecule has 0 aromatic heterocycles. The molecule has 1 amide bonds. The van der Waals surface area contributed by atoms with E-state index in [-0.39, 0.29) is 5.91 Å². The van der Waals surface area contributed by atoms with Gasteiger partial charge in [-0.1, -0.05) is 44.2 Å². The molecule has 0 bridgehead atoms. The standard InChI is InChI=1S/C14H20N2O/c1-14(2)8-12(14)15-10-13(17)16-9-11-6-4-3-5-7-11/h3-7,12,15H,8-10H2,1-2H3,(H,16,17). The van der Waals surface area contributed by atoms with Gasteiger partial charge in [0.15, 0.2) is 0 Å². The molecule has 2 rings (SSSR count). The summed E-state index contributed by atoms with van der Waals surface area (Å²) in [5.41, 5.74) is 1.51. The van der Waals surface area contributed by atoms with Gasteiger partial charge in [-0.15, -0.1) is 0 Å². The van der Waals surface area contributed by atoms with Crippen molar-refractivity contribution in [2.45, 2.75) is 32.9 Å².